The van der Waals surface area contributed by atoms with Gasteiger partial charge in [-0.25, -0.2) is 0 Å². The normalized spacial score (nSPS) is 14.3. The van der Waals surface area contributed by atoms with Gasteiger partial charge in [0, 0.05) is 6.04 Å². The predicted molar refractivity (Wildman–Crippen MR) is 87.0 cm³/mol. The van der Waals surface area contributed by atoms with Crippen LogP contribution in [0.1, 0.15) is 41.9 Å². The minimum atomic E-state index is 0.0432. The van der Waals surface area contributed by atoms with Crippen molar-refractivity contribution in [2.75, 3.05) is 0 Å². The molecule has 0 aliphatic rings. The summed E-state index contributed by atoms with van der Waals surface area (Å²) in [4.78, 5) is 0. The van der Waals surface area contributed by atoms with Crippen LogP contribution in [0.2, 0.25) is 0 Å². The third-order valence-electron chi connectivity index (χ3n) is 3.76. The van der Waals surface area contributed by atoms with Crippen LogP contribution in [0.4, 0.5) is 0 Å². The molecule has 0 spiro atoms. The van der Waals surface area contributed by atoms with Crippen LogP contribution < -0.4 is 5.73 Å². The summed E-state index contributed by atoms with van der Waals surface area (Å²) in [5.74, 6) is 0. The van der Waals surface area contributed by atoms with Crippen LogP contribution in [0.15, 0.2) is 28.7 Å². The number of aryl methyl sites for hydroxylation is 2. The van der Waals surface area contributed by atoms with E-state index in [4.69, 9.17) is 5.73 Å². The fourth-order valence-electron chi connectivity index (χ4n) is 2.56. The lowest BCUT2D eigenvalue weighted by Crippen LogP contribution is -2.33. The molecule has 0 bridgehead atoms. The molecule has 1 aromatic carbocycles. The largest absolute Gasteiger partial charge is 0.326 e. The van der Waals surface area contributed by atoms with E-state index in [1.165, 1.54) is 11.1 Å². The number of nitrogens with zero attached hydrogens (tertiary/aromatic N) is 2. The topological polar surface area (TPSA) is 43.8 Å². The Hall–Kier alpha value is -1.13. The minimum absolute atomic E-state index is 0.0432. The van der Waals surface area contributed by atoms with E-state index >= 15 is 0 Å². The van der Waals surface area contributed by atoms with Crippen molar-refractivity contribution in [2.24, 2.45) is 5.73 Å². The first-order valence-corrected chi connectivity index (χ1v) is 7.78. The molecule has 0 aliphatic heterocycles. The number of aromatic nitrogens is 2. The predicted octanol–water partition coefficient (Wildman–Crippen LogP) is 3.90. The lowest BCUT2D eigenvalue weighted by Gasteiger charge is -2.25. The zero-order valence-electron chi connectivity index (χ0n) is 12.5. The van der Waals surface area contributed by atoms with E-state index in [9.17, 15) is 0 Å². The third kappa shape index (κ3) is 2.81. The molecule has 2 atom stereocenters. The Morgan fingerprint density at radius 1 is 1.30 bits per heavy atom. The third-order valence-corrected chi connectivity index (χ3v) is 4.91. The number of nitrogens with two attached hydrogens (primary N) is 1. The lowest BCUT2D eigenvalue weighted by molar-refractivity contribution is 0.415. The van der Waals surface area contributed by atoms with Crippen molar-refractivity contribution >= 4 is 15.9 Å². The summed E-state index contributed by atoms with van der Waals surface area (Å²) >= 11 is 3.60. The molecule has 0 radical (unpaired) electrons. The van der Waals surface area contributed by atoms with E-state index in [0.717, 1.165) is 22.3 Å². The maximum Gasteiger partial charge on any atom is 0.0922 e. The number of hydrogen-bond acceptors (Lipinski definition) is 2. The van der Waals surface area contributed by atoms with Crippen molar-refractivity contribution in [2.45, 2.75) is 46.2 Å². The highest BCUT2D eigenvalue weighted by molar-refractivity contribution is 9.10. The zero-order chi connectivity index (χ0) is 14.9. The van der Waals surface area contributed by atoms with E-state index in [1.54, 1.807) is 0 Å². The van der Waals surface area contributed by atoms with Crippen molar-refractivity contribution in [1.82, 2.24) is 9.78 Å². The molecule has 108 valence electrons. The first-order valence-electron chi connectivity index (χ1n) is 6.99. The van der Waals surface area contributed by atoms with Gasteiger partial charge in [-0.15, -0.1) is 0 Å². The standard InChI is InChI=1S/C16H22BrN3/c1-5-14(18)16(13-8-6-7-10(2)9-13)20-12(4)15(17)11(3)19-20/h6-9,14,16H,5,18H2,1-4H3. The van der Waals surface area contributed by atoms with Gasteiger partial charge >= 0.3 is 0 Å². The second-order valence-electron chi connectivity index (χ2n) is 5.36. The molecular weight excluding hydrogens is 314 g/mol. The maximum atomic E-state index is 6.38. The van der Waals surface area contributed by atoms with Gasteiger partial charge < -0.3 is 5.73 Å². The van der Waals surface area contributed by atoms with Crippen LogP contribution in [0.3, 0.4) is 0 Å². The van der Waals surface area contributed by atoms with Gasteiger partial charge in [-0.3, -0.25) is 4.68 Å². The van der Waals surface area contributed by atoms with Crippen LogP contribution >= 0.6 is 15.9 Å². The monoisotopic (exact) mass is 335 g/mol. The van der Waals surface area contributed by atoms with Crippen LogP contribution in [0.5, 0.6) is 0 Å². The van der Waals surface area contributed by atoms with E-state index in [-0.39, 0.29) is 12.1 Å². The highest BCUT2D eigenvalue weighted by Gasteiger charge is 2.24. The fraction of sp³-hybridized carbons (Fsp3) is 0.438. The summed E-state index contributed by atoms with van der Waals surface area (Å²) in [5, 5.41) is 4.67. The van der Waals surface area contributed by atoms with Crippen LogP contribution in [0.25, 0.3) is 0 Å². The average Bonchev–Trinajstić information content (AvgIpc) is 2.67. The van der Waals surface area contributed by atoms with Gasteiger partial charge in [0.25, 0.3) is 0 Å². The molecule has 0 aliphatic carbocycles. The molecule has 2 unspecified atom stereocenters. The Kier molecular flexibility index (Phi) is 4.66. The van der Waals surface area contributed by atoms with Crippen molar-refractivity contribution < 1.29 is 0 Å². The second kappa shape index (κ2) is 6.10. The molecule has 4 heteroatoms. The summed E-state index contributed by atoms with van der Waals surface area (Å²) in [6, 6.07) is 8.64. The van der Waals surface area contributed by atoms with Gasteiger partial charge in [-0.05, 0) is 48.7 Å². The molecule has 1 heterocycles. The summed E-state index contributed by atoms with van der Waals surface area (Å²) in [7, 11) is 0. The Labute approximate surface area is 129 Å². The molecular formula is C16H22BrN3. The molecule has 2 N–H and O–H groups in total. The van der Waals surface area contributed by atoms with Crippen molar-refractivity contribution in [3.05, 3.63) is 51.3 Å². The van der Waals surface area contributed by atoms with Crippen LogP contribution in [-0.2, 0) is 0 Å². The smallest absolute Gasteiger partial charge is 0.0922 e. The Bertz CT molecular complexity index is 604. The van der Waals surface area contributed by atoms with Crippen LogP contribution in [-0.4, -0.2) is 15.8 Å². The Balaban J connectivity index is 2.56. The summed E-state index contributed by atoms with van der Waals surface area (Å²) < 4.78 is 3.13. The molecule has 3 nitrogen and oxygen atoms in total. The number of halogens is 1. The van der Waals surface area contributed by atoms with E-state index in [0.29, 0.717) is 0 Å². The maximum absolute atomic E-state index is 6.38. The summed E-state index contributed by atoms with van der Waals surface area (Å²) in [6.07, 6.45) is 0.911. The van der Waals surface area contributed by atoms with Gasteiger partial charge in [0.2, 0.25) is 0 Å². The Morgan fingerprint density at radius 3 is 2.50 bits per heavy atom. The first-order chi connectivity index (χ1) is 9.45. The second-order valence-corrected chi connectivity index (χ2v) is 6.15. The molecule has 0 amide bonds. The van der Waals surface area contributed by atoms with Gasteiger partial charge in [0.05, 0.1) is 21.9 Å². The van der Waals surface area contributed by atoms with Gasteiger partial charge in [0.15, 0.2) is 0 Å². The van der Waals surface area contributed by atoms with Crippen molar-refractivity contribution in [3.63, 3.8) is 0 Å². The summed E-state index contributed by atoms with van der Waals surface area (Å²) in [6.45, 7) is 8.32. The fourth-order valence-corrected chi connectivity index (χ4v) is 2.82. The molecule has 20 heavy (non-hydrogen) atoms. The molecule has 0 saturated carbocycles. The Morgan fingerprint density at radius 2 is 2.00 bits per heavy atom. The number of rotatable bonds is 4. The van der Waals surface area contributed by atoms with E-state index in [1.807, 2.05) is 6.92 Å². The van der Waals surface area contributed by atoms with Gasteiger partial charge in [-0.1, -0.05) is 36.8 Å². The summed E-state index contributed by atoms with van der Waals surface area (Å²) in [5.41, 5.74) is 11.0. The average molecular weight is 336 g/mol. The van der Waals surface area contributed by atoms with Crippen LogP contribution in [0, 0.1) is 20.8 Å². The van der Waals surface area contributed by atoms with E-state index in [2.05, 4.69) is 70.7 Å². The lowest BCUT2D eigenvalue weighted by atomic mass is 9.96. The quantitative estimate of drug-likeness (QED) is 0.920. The number of hydrogen-bond donors (Lipinski definition) is 1. The number of benzene rings is 1. The van der Waals surface area contributed by atoms with E-state index < -0.39 is 0 Å². The zero-order valence-corrected chi connectivity index (χ0v) is 14.1. The molecule has 0 saturated heterocycles. The first kappa shape index (κ1) is 15.3. The highest BCUT2D eigenvalue weighted by atomic mass is 79.9. The van der Waals surface area contributed by atoms with Crippen molar-refractivity contribution in [1.29, 1.82) is 0 Å². The minimum Gasteiger partial charge on any atom is -0.326 e. The van der Waals surface area contributed by atoms with Crippen molar-refractivity contribution in [3.8, 4) is 0 Å². The molecule has 2 rings (SSSR count). The molecule has 0 fully saturated rings. The van der Waals surface area contributed by atoms with Gasteiger partial charge in [-0.2, -0.15) is 5.10 Å². The highest BCUT2D eigenvalue weighted by Crippen LogP contribution is 2.29. The molecule has 2 aromatic rings. The molecule has 1 aromatic heterocycles. The van der Waals surface area contributed by atoms with Gasteiger partial charge in [0.1, 0.15) is 0 Å². The SMILES string of the molecule is CCC(N)C(c1cccc(C)c1)n1nc(C)c(Br)c1C.